The van der Waals surface area contributed by atoms with E-state index in [2.05, 4.69) is 31.3 Å². The summed E-state index contributed by atoms with van der Waals surface area (Å²) in [5, 5.41) is 23.2. The highest BCUT2D eigenvalue weighted by molar-refractivity contribution is 5.76. The highest BCUT2D eigenvalue weighted by Gasteiger charge is 2.18. The van der Waals surface area contributed by atoms with Gasteiger partial charge in [0.15, 0.2) is 0 Å². The fraction of sp³-hybridized carbons (Fsp3) is 0.895. The molecule has 0 saturated heterocycles. The van der Waals surface area contributed by atoms with Gasteiger partial charge in [-0.2, -0.15) is 0 Å². The molecular weight excluding hydrogens is 779 g/mol. The Morgan fingerprint density at radius 1 is 0.429 bits per heavy atom. The third-order valence-corrected chi connectivity index (χ3v) is 13.0. The highest BCUT2D eigenvalue weighted by Crippen LogP contribution is 2.17. The minimum atomic E-state index is -0.855. The molecule has 0 aromatic carbocycles. The molecule has 0 fully saturated rings. The Morgan fingerprint density at radius 2 is 0.746 bits per heavy atom. The maximum atomic E-state index is 12.5. The third-order valence-electron chi connectivity index (χ3n) is 13.0. The fourth-order valence-electron chi connectivity index (χ4n) is 8.63. The van der Waals surface area contributed by atoms with Crippen molar-refractivity contribution in [3.63, 3.8) is 0 Å². The second kappa shape index (κ2) is 53.0. The summed E-state index contributed by atoms with van der Waals surface area (Å²) in [7, 11) is 0. The number of allylic oxidation sites excluding steroid dienone is 3. The molecular formula is C57H109NO5. The van der Waals surface area contributed by atoms with Gasteiger partial charge in [-0.25, -0.2) is 0 Å². The van der Waals surface area contributed by atoms with Crippen molar-refractivity contribution in [1.82, 2.24) is 5.32 Å². The zero-order chi connectivity index (χ0) is 45.8. The monoisotopic (exact) mass is 888 g/mol. The quantitative estimate of drug-likeness (QED) is 0.0321. The van der Waals surface area contributed by atoms with Crippen molar-refractivity contribution in [1.29, 1.82) is 0 Å². The molecule has 0 radical (unpaired) electrons. The summed E-state index contributed by atoms with van der Waals surface area (Å²) in [5.74, 6) is -0.102. The Morgan fingerprint density at radius 3 is 1.16 bits per heavy atom. The lowest BCUT2D eigenvalue weighted by Crippen LogP contribution is -2.45. The first-order valence-electron chi connectivity index (χ1n) is 28.1. The van der Waals surface area contributed by atoms with Crippen LogP contribution in [0.15, 0.2) is 24.3 Å². The largest absolute Gasteiger partial charge is 0.466 e. The van der Waals surface area contributed by atoms with Crippen LogP contribution in [0, 0.1) is 0 Å². The molecule has 6 nitrogen and oxygen atoms in total. The van der Waals surface area contributed by atoms with Gasteiger partial charge in [-0.05, 0) is 57.8 Å². The lowest BCUT2D eigenvalue weighted by Gasteiger charge is -2.20. The van der Waals surface area contributed by atoms with Gasteiger partial charge < -0.3 is 20.3 Å². The normalized spacial score (nSPS) is 12.8. The van der Waals surface area contributed by atoms with Crippen LogP contribution in [0.25, 0.3) is 0 Å². The number of nitrogens with one attached hydrogen (secondary N) is 1. The number of ether oxygens (including phenoxy) is 1. The summed E-state index contributed by atoms with van der Waals surface area (Å²) in [6, 6.07) is -0.640. The average molecular weight is 889 g/mol. The molecule has 372 valence electrons. The van der Waals surface area contributed by atoms with Crippen LogP contribution in [0.1, 0.15) is 303 Å². The van der Waals surface area contributed by atoms with Crippen LogP contribution in [0.2, 0.25) is 0 Å². The summed E-state index contributed by atoms with van der Waals surface area (Å²) in [5.41, 5.74) is 0. The zero-order valence-electron chi connectivity index (χ0n) is 42.3. The smallest absolute Gasteiger partial charge is 0.305 e. The summed E-state index contributed by atoms with van der Waals surface area (Å²) in [4.78, 5) is 24.5. The third kappa shape index (κ3) is 49.6. The first-order valence-corrected chi connectivity index (χ1v) is 28.1. The van der Waals surface area contributed by atoms with E-state index in [0.717, 1.165) is 57.8 Å². The molecule has 1 amide bonds. The first kappa shape index (κ1) is 61.3. The minimum absolute atomic E-state index is 0.0205. The van der Waals surface area contributed by atoms with Crippen LogP contribution in [0.5, 0.6) is 0 Å². The van der Waals surface area contributed by atoms with Crippen molar-refractivity contribution < 1.29 is 24.5 Å². The van der Waals surface area contributed by atoms with Crippen molar-refractivity contribution >= 4 is 11.9 Å². The second-order valence-electron chi connectivity index (χ2n) is 19.3. The lowest BCUT2D eigenvalue weighted by molar-refractivity contribution is -0.143. The summed E-state index contributed by atoms with van der Waals surface area (Å²) < 4.78 is 5.45. The molecule has 0 spiro atoms. The molecule has 63 heavy (non-hydrogen) atoms. The first-order chi connectivity index (χ1) is 31.0. The van der Waals surface area contributed by atoms with Crippen molar-refractivity contribution in [2.75, 3.05) is 13.2 Å². The maximum absolute atomic E-state index is 12.5. The van der Waals surface area contributed by atoms with E-state index in [9.17, 15) is 19.8 Å². The standard InChI is InChI=1S/C57H109NO5/c1-3-5-7-9-11-13-15-17-18-19-20-21-22-23-24-25-26-29-33-37-41-45-49-55(60)54(53-59)58-56(61)50-46-42-38-34-30-27-28-32-36-40-44-48-52-63-57(62)51-47-43-39-35-31-16-14-12-10-8-6-4-2/h12,14,45,49,54-55,59-60H,3-11,13,15-44,46-48,50-53H2,1-2H3,(H,58,61)/b14-12-,49-45+. The van der Waals surface area contributed by atoms with Gasteiger partial charge in [0, 0.05) is 12.8 Å². The molecule has 2 unspecified atom stereocenters. The SMILES string of the molecule is CCCCC/C=C\CCCCCCCC(=O)OCCCCCCCCCCCCCCC(=O)NC(CO)C(O)/C=C/CCCCCCCCCCCCCCCCCCCCCC. The fourth-order valence-corrected chi connectivity index (χ4v) is 8.63. The summed E-state index contributed by atoms with van der Waals surface area (Å²) >= 11 is 0. The Hall–Kier alpha value is -1.66. The molecule has 0 aliphatic carbocycles. The van der Waals surface area contributed by atoms with Gasteiger partial charge in [0.2, 0.25) is 5.91 Å². The molecule has 0 saturated carbocycles. The summed E-state index contributed by atoms with van der Waals surface area (Å²) in [6.07, 6.45) is 63.3. The Balaban J connectivity index is 3.50. The van der Waals surface area contributed by atoms with Crippen LogP contribution in [0.3, 0.4) is 0 Å². The molecule has 0 aromatic heterocycles. The van der Waals surface area contributed by atoms with E-state index < -0.39 is 12.1 Å². The van der Waals surface area contributed by atoms with Gasteiger partial charge >= 0.3 is 5.97 Å². The van der Waals surface area contributed by atoms with E-state index in [1.54, 1.807) is 6.08 Å². The lowest BCUT2D eigenvalue weighted by atomic mass is 10.0. The predicted octanol–water partition coefficient (Wildman–Crippen LogP) is 17.1. The maximum Gasteiger partial charge on any atom is 0.305 e. The van der Waals surface area contributed by atoms with E-state index in [0.29, 0.717) is 19.4 Å². The van der Waals surface area contributed by atoms with Crippen LogP contribution < -0.4 is 5.32 Å². The van der Waals surface area contributed by atoms with Gasteiger partial charge in [0.05, 0.1) is 25.4 Å². The number of carbonyl (C=O) groups is 2. The number of aliphatic hydroxyl groups excluding tert-OH is 2. The minimum Gasteiger partial charge on any atom is -0.466 e. The van der Waals surface area contributed by atoms with Crippen LogP contribution >= 0.6 is 0 Å². The molecule has 0 aliphatic rings. The van der Waals surface area contributed by atoms with Gasteiger partial charge in [0.1, 0.15) is 0 Å². The number of esters is 1. The van der Waals surface area contributed by atoms with Crippen molar-refractivity contribution in [2.45, 2.75) is 315 Å². The molecule has 0 aliphatic heterocycles. The van der Waals surface area contributed by atoms with Crippen LogP contribution in [-0.2, 0) is 14.3 Å². The van der Waals surface area contributed by atoms with Crippen LogP contribution in [-0.4, -0.2) is 47.4 Å². The van der Waals surface area contributed by atoms with E-state index in [4.69, 9.17) is 4.74 Å². The van der Waals surface area contributed by atoms with Gasteiger partial charge in [-0.1, -0.05) is 256 Å². The molecule has 0 rings (SSSR count). The highest BCUT2D eigenvalue weighted by atomic mass is 16.5. The van der Waals surface area contributed by atoms with E-state index in [-0.39, 0.29) is 18.5 Å². The number of amides is 1. The molecule has 2 atom stereocenters. The summed E-state index contributed by atoms with van der Waals surface area (Å²) in [6.45, 7) is 4.86. The van der Waals surface area contributed by atoms with E-state index in [1.807, 2.05) is 6.08 Å². The van der Waals surface area contributed by atoms with Gasteiger partial charge in [0.25, 0.3) is 0 Å². The number of carbonyl (C=O) groups excluding carboxylic acids is 2. The molecule has 6 heteroatoms. The molecule has 0 heterocycles. The second-order valence-corrected chi connectivity index (χ2v) is 19.3. The van der Waals surface area contributed by atoms with E-state index in [1.165, 1.54) is 218 Å². The van der Waals surface area contributed by atoms with Crippen molar-refractivity contribution in [2.24, 2.45) is 0 Å². The van der Waals surface area contributed by atoms with Gasteiger partial charge in [-0.15, -0.1) is 0 Å². The Kier molecular flexibility index (Phi) is 51.6. The molecule has 0 aromatic rings. The zero-order valence-corrected chi connectivity index (χ0v) is 42.3. The van der Waals surface area contributed by atoms with Crippen molar-refractivity contribution in [3.05, 3.63) is 24.3 Å². The number of unbranched alkanes of at least 4 members (excludes halogenated alkanes) is 39. The number of rotatable bonds is 52. The number of aliphatic hydroxyl groups is 2. The Labute approximate surface area is 392 Å². The average Bonchev–Trinajstić information content (AvgIpc) is 3.28. The number of hydrogen-bond acceptors (Lipinski definition) is 5. The van der Waals surface area contributed by atoms with Gasteiger partial charge in [-0.3, -0.25) is 9.59 Å². The molecule has 0 bridgehead atoms. The van der Waals surface area contributed by atoms with Crippen molar-refractivity contribution in [3.8, 4) is 0 Å². The molecule has 3 N–H and O–H groups in total. The Bertz CT molecular complexity index is 982. The van der Waals surface area contributed by atoms with Crippen LogP contribution in [0.4, 0.5) is 0 Å². The van der Waals surface area contributed by atoms with E-state index >= 15 is 0 Å². The topological polar surface area (TPSA) is 95.9 Å². The predicted molar refractivity (Wildman–Crippen MR) is 273 cm³/mol. The number of hydrogen-bond donors (Lipinski definition) is 3.